The van der Waals surface area contributed by atoms with Crippen LogP contribution in [0.3, 0.4) is 0 Å². The van der Waals surface area contributed by atoms with E-state index in [4.69, 9.17) is 4.74 Å². The summed E-state index contributed by atoms with van der Waals surface area (Å²) in [6, 6.07) is 1.46. The van der Waals surface area contributed by atoms with Crippen LogP contribution < -0.4 is 5.32 Å². The molecule has 5 atom stereocenters. The maximum atomic E-state index is 6.02. The zero-order valence-corrected chi connectivity index (χ0v) is 13.0. The van der Waals surface area contributed by atoms with Gasteiger partial charge in [-0.25, -0.2) is 0 Å². The minimum atomic E-state index is 0.334. The molecule has 110 valence electrons. The number of hydrogen-bond acceptors (Lipinski definition) is 2. The maximum Gasteiger partial charge on any atom is 0.0684 e. The Morgan fingerprint density at radius 3 is 2.68 bits per heavy atom. The first kappa shape index (κ1) is 13.9. The largest absolute Gasteiger partial charge is 0.377 e. The van der Waals surface area contributed by atoms with Gasteiger partial charge in [0.25, 0.3) is 0 Å². The summed E-state index contributed by atoms with van der Waals surface area (Å²) in [6.07, 6.45) is 10.2. The van der Waals surface area contributed by atoms with Gasteiger partial charge >= 0.3 is 0 Å². The van der Waals surface area contributed by atoms with Gasteiger partial charge in [-0.05, 0) is 31.6 Å². The molecule has 1 N–H and O–H groups in total. The second-order valence-corrected chi connectivity index (χ2v) is 7.62. The van der Waals surface area contributed by atoms with Crippen molar-refractivity contribution >= 4 is 0 Å². The minimum absolute atomic E-state index is 0.334. The van der Waals surface area contributed by atoms with E-state index in [1.165, 1.54) is 44.9 Å². The number of nitrogens with one attached hydrogen (secondary N) is 1. The van der Waals surface area contributed by atoms with Crippen molar-refractivity contribution in [3.63, 3.8) is 0 Å². The molecule has 0 spiro atoms. The molecule has 1 aliphatic heterocycles. The lowest BCUT2D eigenvalue weighted by Gasteiger charge is -2.61. The molecule has 3 rings (SSSR count). The van der Waals surface area contributed by atoms with Gasteiger partial charge < -0.3 is 10.1 Å². The summed E-state index contributed by atoms with van der Waals surface area (Å²) >= 11 is 0. The second-order valence-electron chi connectivity index (χ2n) is 7.62. The van der Waals surface area contributed by atoms with Crippen LogP contribution >= 0.6 is 0 Å². The first-order valence-electron chi connectivity index (χ1n) is 8.52. The van der Waals surface area contributed by atoms with Crippen LogP contribution in [-0.2, 0) is 4.74 Å². The third-order valence-corrected chi connectivity index (χ3v) is 6.16. The van der Waals surface area contributed by atoms with Gasteiger partial charge in [0.2, 0.25) is 0 Å². The fourth-order valence-electron chi connectivity index (χ4n) is 5.01. The quantitative estimate of drug-likeness (QED) is 0.839. The average molecular weight is 265 g/mol. The Labute approximate surface area is 118 Å². The Hall–Kier alpha value is -0.0800. The monoisotopic (exact) mass is 265 g/mol. The van der Waals surface area contributed by atoms with E-state index in [0.29, 0.717) is 17.6 Å². The SMILES string of the molecule is CCC1CCCCC1NC1C2CCCOC2C1(C)C. The van der Waals surface area contributed by atoms with Crippen molar-refractivity contribution in [2.75, 3.05) is 6.61 Å². The van der Waals surface area contributed by atoms with Crippen LogP contribution in [0, 0.1) is 17.3 Å². The lowest BCUT2D eigenvalue weighted by Crippen LogP contribution is -2.71. The van der Waals surface area contributed by atoms with Crippen molar-refractivity contribution in [1.29, 1.82) is 0 Å². The highest BCUT2D eigenvalue weighted by Crippen LogP contribution is 2.51. The lowest BCUT2D eigenvalue weighted by atomic mass is 9.55. The molecule has 0 bridgehead atoms. The van der Waals surface area contributed by atoms with E-state index < -0.39 is 0 Å². The molecule has 0 radical (unpaired) electrons. The maximum absolute atomic E-state index is 6.02. The summed E-state index contributed by atoms with van der Waals surface area (Å²) in [4.78, 5) is 0. The van der Waals surface area contributed by atoms with Gasteiger partial charge in [-0.3, -0.25) is 0 Å². The molecule has 5 unspecified atom stereocenters. The normalized spacial score (nSPS) is 45.3. The highest BCUT2D eigenvalue weighted by Gasteiger charge is 2.58. The van der Waals surface area contributed by atoms with Gasteiger partial charge in [0.1, 0.15) is 0 Å². The van der Waals surface area contributed by atoms with Crippen LogP contribution in [0.5, 0.6) is 0 Å². The van der Waals surface area contributed by atoms with Crippen molar-refractivity contribution in [1.82, 2.24) is 5.32 Å². The van der Waals surface area contributed by atoms with Gasteiger partial charge in [0, 0.05) is 30.0 Å². The van der Waals surface area contributed by atoms with Crippen LogP contribution in [-0.4, -0.2) is 24.8 Å². The highest BCUT2D eigenvalue weighted by molar-refractivity contribution is 5.11. The number of rotatable bonds is 3. The molecule has 0 aromatic heterocycles. The molecule has 0 aromatic rings. The van der Waals surface area contributed by atoms with E-state index in [0.717, 1.165) is 24.5 Å². The molecule has 2 nitrogen and oxygen atoms in total. The Bertz CT molecular complexity index is 314. The van der Waals surface area contributed by atoms with Crippen LogP contribution in [0.1, 0.15) is 65.7 Å². The fraction of sp³-hybridized carbons (Fsp3) is 1.00. The van der Waals surface area contributed by atoms with Crippen LogP contribution in [0.15, 0.2) is 0 Å². The van der Waals surface area contributed by atoms with E-state index in [-0.39, 0.29) is 0 Å². The smallest absolute Gasteiger partial charge is 0.0684 e. The molecular formula is C17H31NO. The van der Waals surface area contributed by atoms with Crippen molar-refractivity contribution in [2.24, 2.45) is 17.3 Å². The average Bonchev–Trinajstić information content (AvgIpc) is 2.45. The van der Waals surface area contributed by atoms with E-state index in [2.05, 4.69) is 26.1 Å². The van der Waals surface area contributed by atoms with Crippen molar-refractivity contribution < 1.29 is 4.74 Å². The van der Waals surface area contributed by atoms with Crippen molar-refractivity contribution in [3.8, 4) is 0 Å². The van der Waals surface area contributed by atoms with Gasteiger partial charge in [-0.15, -0.1) is 0 Å². The Balaban J connectivity index is 1.65. The molecular weight excluding hydrogens is 234 g/mol. The summed E-state index contributed by atoms with van der Waals surface area (Å²) in [6.45, 7) is 8.16. The van der Waals surface area contributed by atoms with E-state index in [1.54, 1.807) is 0 Å². The van der Waals surface area contributed by atoms with E-state index in [9.17, 15) is 0 Å². The standard InChI is InChI=1S/C17H31NO/c1-4-12-8-5-6-10-14(12)18-15-13-9-7-11-19-16(13)17(15,2)3/h12-16,18H,4-11H2,1-3H3. The number of ether oxygens (including phenoxy) is 1. The molecule has 3 aliphatic rings. The van der Waals surface area contributed by atoms with Gasteiger partial charge in [-0.1, -0.05) is 40.0 Å². The third-order valence-electron chi connectivity index (χ3n) is 6.16. The molecule has 0 amide bonds. The molecule has 1 saturated heterocycles. The second kappa shape index (κ2) is 5.37. The lowest BCUT2D eigenvalue weighted by molar-refractivity contribution is -0.195. The van der Waals surface area contributed by atoms with Gasteiger partial charge in [0.15, 0.2) is 0 Å². The van der Waals surface area contributed by atoms with Crippen LogP contribution in [0.4, 0.5) is 0 Å². The van der Waals surface area contributed by atoms with Crippen molar-refractivity contribution in [3.05, 3.63) is 0 Å². The molecule has 1 heterocycles. The highest BCUT2D eigenvalue weighted by atomic mass is 16.5. The molecule has 2 saturated carbocycles. The first-order valence-corrected chi connectivity index (χ1v) is 8.52. The predicted octanol–water partition coefficient (Wildman–Crippen LogP) is 3.75. The molecule has 3 fully saturated rings. The minimum Gasteiger partial charge on any atom is -0.377 e. The zero-order chi connectivity index (χ0) is 13.5. The molecule has 2 heteroatoms. The fourth-order valence-corrected chi connectivity index (χ4v) is 5.01. The third kappa shape index (κ3) is 2.35. The predicted molar refractivity (Wildman–Crippen MR) is 79.2 cm³/mol. The van der Waals surface area contributed by atoms with Crippen LogP contribution in [0.25, 0.3) is 0 Å². The number of hydrogen-bond donors (Lipinski definition) is 1. The summed E-state index contributed by atoms with van der Waals surface area (Å²) in [5, 5.41) is 4.07. The van der Waals surface area contributed by atoms with Gasteiger partial charge in [-0.2, -0.15) is 0 Å². The Kier molecular flexibility index (Phi) is 3.92. The van der Waals surface area contributed by atoms with Gasteiger partial charge in [0.05, 0.1) is 6.10 Å². The summed E-state index contributed by atoms with van der Waals surface area (Å²) < 4.78 is 6.02. The molecule has 0 aromatic carbocycles. The number of fused-ring (bicyclic) bond motifs is 1. The summed E-state index contributed by atoms with van der Waals surface area (Å²) in [5.74, 6) is 1.69. The van der Waals surface area contributed by atoms with Crippen molar-refractivity contribution in [2.45, 2.75) is 83.9 Å². The van der Waals surface area contributed by atoms with E-state index in [1.807, 2.05) is 0 Å². The van der Waals surface area contributed by atoms with E-state index >= 15 is 0 Å². The Morgan fingerprint density at radius 2 is 1.89 bits per heavy atom. The topological polar surface area (TPSA) is 21.3 Å². The Morgan fingerprint density at radius 1 is 1.11 bits per heavy atom. The summed E-state index contributed by atoms with van der Waals surface area (Å²) in [5.41, 5.74) is 0.334. The molecule has 19 heavy (non-hydrogen) atoms. The van der Waals surface area contributed by atoms with Crippen LogP contribution in [0.2, 0.25) is 0 Å². The first-order chi connectivity index (χ1) is 9.14. The summed E-state index contributed by atoms with van der Waals surface area (Å²) in [7, 11) is 0. The zero-order valence-electron chi connectivity index (χ0n) is 13.0. The molecule has 2 aliphatic carbocycles.